The van der Waals surface area contributed by atoms with Crippen LogP contribution < -0.4 is 20.7 Å². The first kappa shape index (κ1) is 19.6. The van der Waals surface area contributed by atoms with Gasteiger partial charge in [0.2, 0.25) is 5.91 Å². The Morgan fingerprint density at radius 3 is 2.21 bits per heavy atom. The third-order valence-electron chi connectivity index (χ3n) is 2.77. The Kier molecular flexibility index (Phi) is 6.87. The second-order valence-corrected chi connectivity index (χ2v) is 5.53. The number of hydrogen-bond donors (Lipinski definition) is 3. The molecular weight excluding hydrogens is 327 g/mol. The predicted molar refractivity (Wildman–Crippen MR) is 82.6 cm³/mol. The fourth-order valence-corrected chi connectivity index (χ4v) is 1.63. The van der Waals surface area contributed by atoms with Gasteiger partial charge >= 0.3 is 12.4 Å². The van der Waals surface area contributed by atoms with E-state index in [9.17, 15) is 22.8 Å². The highest BCUT2D eigenvalue weighted by molar-refractivity contribution is 5.97. The lowest BCUT2D eigenvalue weighted by molar-refractivity contribution is -0.274. The van der Waals surface area contributed by atoms with Gasteiger partial charge in [-0.1, -0.05) is 13.8 Å². The molecule has 0 saturated carbocycles. The van der Waals surface area contributed by atoms with Crippen LogP contribution in [0.4, 0.5) is 23.7 Å². The van der Waals surface area contributed by atoms with Crippen LogP contribution in [0.25, 0.3) is 0 Å². The van der Waals surface area contributed by atoms with Crippen LogP contribution in [0.2, 0.25) is 0 Å². The van der Waals surface area contributed by atoms with Gasteiger partial charge in [0.05, 0.1) is 0 Å². The lowest BCUT2D eigenvalue weighted by Gasteiger charge is -2.16. The molecule has 0 radical (unpaired) electrons. The van der Waals surface area contributed by atoms with E-state index in [-0.39, 0.29) is 11.7 Å². The Balaban J connectivity index is 2.50. The first-order valence-electron chi connectivity index (χ1n) is 7.28. The minimum Gasteiger partial charge on any atom is -0.406 e. The molecule has 0 aromatic heterocycles. The molecular formula is C15H20F3N3O3. The van der Waals surface area contributed by atoms with E-state index in [1.807, 2.05) is 13.8 Å². The average molecular weight is 347 g/mol. The van der Waals surface area contributed by atoms with Gasteiger partial charge in [-0.15, -0.1) is 13.2 Å². The Morgan fingerprint density at radius 2 is 1.71 bits per heavy atom. The molecule has 0 bridgehead atoms. The number of urea groups is 1. The largest absolute Gasteiger partial charge is 0.573 e. The molecule has 3 amide bonds. The SMILES string of the molecule is CC(C)CNC(=O)NC(=O)C(C)Nc1ccc(OC(F)(F)F)cc1. The number of nitrogens with one attached hydrogen (secondary N) is 3. The number of benzene rings is 1. The summed E-state index contributed by atoms with van der Waals surface area (Å²) in [5.41, 5.74) is 0.412. The van der Waals surface area contributed by atoms with Gasteiger partial charge in [0.1, 0.15) is 11.8 Å². The van der Waals surface area contributed by atoms with Crippen molar-refractivity contribution in [3.05, 3.63) is 24.3 Å². The van der Waals surface area contributed by atoms with Gasteiger partial charge in [0.25, 0.3) is 0 Å². The number of amides is 3. The third kappa shape index (κ3) is 7.70. The maximum absolute atomic E-state index is 12.1. The number of imide groups is 1. The summed E-state index contributed by atoms with van der Waals surface area (Å²) in [7, 11) is 0. The van der Waals surface area contributed by atoms with Crippen LogP contribution >= 0.6 is 0 Å². The number of rotatable bonds is 6. The minimum atomic E-state index is -4.76. The number of ether oxygens (including phenoxy) is 1. The zero-order chi connectivity index (χ0) is 18.3. The summed E-state index contributed by atoms with van der Waals surface area (Å²) in [6, 6.07) is 3.55. The summed E-state index contributed by atoms with van der Waals surface area (Å²) >= 11 is 0. The van der Waals surface area contributed by atoms with Crippen LogP contribution in [0.15, 0.2) is 24.3 Å². The van der Waals surface area contributed by atoms with Crippen LogP contribution in [0.5, 0.6) is 5.75 Å². The highest BCUT2D eigenvalue weighted by Gasteiger charge is 2.31. The molecule has 134 valence electrons. The second kappa shape index (κ2) is 8.42. The first-order valence-corrected chi connectivity index (χ1v) is 7.28. The minimum absolute atomic E-state index is 0.249. The van der Waals surface area contributed by atoms with Gasteiger partial charge in [-0.25, -0.2) is 4.79 Å². The van der Waals surface area contributed by atoms with Crippen molar-refractivity contribution >= 4 is 17.6 Å². The summed E-state index contributed by atoms with van der Waals surface area (Å²) in [5.74, 6) is -0.677. The fourth-order valence-electron chi connectivity index (χ4n) is 1.63. The summed E-state index contributed by atoms with van der Waals surface area (Å²) < 4.78 is 39.9. The number of halogens is 3. The van der Waals surface area contributed by atoms with Gasteiger partial charge in [-0.05, 0) is 37.1 Å². The van der Waals surface area contributed by atoms with Crippen molar-refractivity contribution in [3.8, 4) is 5.75 Å². The van der Waals surface area contributed by atoms with Crippen LogP contribution in [-0.2, 0) is 4.79 Å². The summed E-state index contributed by atoms with van der Waals surface area (Å²) in [6.45, 7) is 5.78. The molecule has 1 atom stereocenters. The molecule has 6 nitrogen and oxygen atoms in total. The van der Waals surface area contributed by atoms with E-state index < -0.39 is 24.3 Å². The highest BCUT2D eigenvalue weighted by atomic mass is 19.4. The lowest BCUT2D eigenvalue weighted by atomic mass is 10.2. The zero-order valence-corrected chi connectivity index (χ0v) is 13.5. The van der Waals surface area contributed by atoms with Crippen LogP contribution in [0.3, 0.4) is 0 Å². The van der Waals surface area contributed by atoms with Crippen molar-refractivity contribution in [3.63, 3.8) is 0 Å². The zero-order valence-electron chi connectivity index (χ0n) is 13.5. The maximum Gasteiger partial charge on any atom is 0.573 e. The number of carbonyl (C=O) groups excluding carboxylic acids is 2. The molecule has 24 heavy (non-hydrogen) atoms. The van der Waals surface area contributed by atoms with Gasteiger partial charge in [0, 0.05) is 12.2 Å². The Bertz CT molecular complexity index is 559. The molecule has 0 spiro atoms. The van der Waals surface area contributed by atoms with Crippen molar-refractivity contribution in [1.82, 2.24) is 10.6 Å². The van der Waals surface area contributed by atoms with Gasteiger partial charge in [0.15, 0.2) is 0 Å². The van der Waals surface area contributed by atoms with Crippen LogP contribution in [-0.4, -0.2) is 30.9 Å². The van der Waals surface area contributed by atoms with Crippen molar-refractivity contribution < 1.29 is 27.5 Å². The van der Waals surface area contributed by atoms with E-state index in [0.29, 0.717) is 12.2 Å². The number of carbonyl (C=O) groups is 2. The maximum atomic E-state index is 12.1. The average Bonchev–Trinajstić information content (AvgIpc) is 2.45. The number of hydrogen-bond acceptors (Lipinski definition) is 4. The molecule has 1 rings (SSSR count). The molecule has 0 aliphatic carbocycles. The monoisotopic (exact) mass is 347 g/mol. The van der Waals surface area contributed by atoms with E-state index in [2.05, 4.69) is 20.7 Å². The molecule has 0 heterocycles. The molecule has 9 heteroatoms. The van der Waals surface area contributed by atoms with E-state index in [4.69, 9.17) is 0 Å². The van der Waals surface area contributed by atoms with Crippen molar-refractivity contribution in [1.29, 1.82) is 0 Å². The molecule has 0 saturated heterocycles. The summed E-state index contributed by atoms with van der Waals surface area (Å²) in [5, 5.41) is 7.49. The third-order valence-corrected chi connectivity index (χ3v) is 2.77. The molecule has 0 aliphatic heterocycles. The lowest BCUT2D eigenvalue weighted by Crippen LogP contribution is -2.46. The van der Waals surface area contributed by atoms with Crippen molar-refractivity contribution in [2.75, 3.05) is 11.9 Å². The molecule has 1 aromatic carbocycles. The van der Waals surface area contributed by atoms with Crippen LogP contribution in [0.1, 0.15) is 20.8 Å². The van der Waals surface area contributed by atoms with Crippen molar-refractivity contribution in [2.45, 2.75) is 33.2 Å². The Hall–Kier alpha value is -2.45. The van der Waals surface area contributed by atoms with E-state index in [0.717, 1.165) is 12.1 Å². The smallest absolute Gasteiger partial charge is 0.406 e. The molecule has 1 aromatic rings. The molecule has 0 fully saturated rings. The van der Waals surface area contributed by atoms with Crippen LogP contribution in [0, 0.1) is 5.92 Å². The standard InChI is InChI=1S/C15H20F3N3O3/c1-9(2)8-19-14(23)21-13(22)10(3)20-11-4-6-12(7-5-11)24-15(16,17)18/h4-7,9-10,20H,8H2,1-3H3,(H2,19,21,22,23). The number of alkyl halides is 3. The Labute approximate surface area is 137 Å². The first-order chi connectivity index (χ1) is 11.1. The molecule has 3 N–H and O–H groups in total. The second-order valence-electron chi connectivity index (χ2n) is 5.53. The van der Waals surface area contributed by atoms with Gasteiger partial charge in [-0.2, -0.15) is 0 Å². The fraction of sp³-hybridized carbons (Fsp3) is 0.467. The summed E-state index contributed by atoms with van der Waals surface area (Å²) in [6.07, 6.45) is -4.76. The predicted octanol–water partition coefficient (Wildman–Crippen LogP) is 2.87. The highest BCUT2D eigenvalue weighted by Crippen LogP contribution is 2.24. The quantitative estimate of drug-likeness (QED) is 0.739. The van der Waals surface area contributed by atoms with Gasteiger partial charge in [-0.3, -0.25) is 10.1 Å². The normalized spacial score (nSPS) is 12.5. The Morgan fingerprint density at radius 1 is 1.12 bits per heavy atom. The summed E-state index contributed by atoms with van der Waals surface area (Å²) in [4.78, 5) is 23.3. The van der Waals surface area contributed by atoms with E-state index in [1.54, 1.807) is 0 Å². The van der Waals surface area contributed by atoms with Gasteiger partial charge < -0.3 is 15.4 Å². The van der Waals surface area contributed by atoms with E-state index in [1.165, 1.54) is 19.1 Å². The van der Waals surface area contributed by atoms with Crippen molar-refractivity contribution in [2.24, 2.45) is 5.92 Å². The topological polar surface area (TPSA) is 79.5 Å². The molecule has 1 unspecified atom stereocenters. The molecule has 0 aliphatic rings. The number of anilines is 1. The van der Waals surface area contributed by atoms with E-state index >= 15 is 0 Å².